The van der Waals surface area contributed by atoms with Gasteiger partial charge >= 0.3 is 5.97 Å². The molecular formula is C29H42F2O2. The van der Waals surface area contributed by atoms with Crippen molar-refractivity contribution < 1.29 is 18.3 Å². The zero-order valence-electron chi connectivity index (χ0n) is 20.6. The van der Waals surface area contributed by atoms with Gasteiger partial charge in [-0.1, -0.05) is 39.0 Å². The maximum Gasteiger partial charge on any atom is 0.314 e. The van der Waals surface area contributed by atoms with Gasteiger partial charge in [0.1, 0.15) is 17.4 Å². The van der Waals surface area contributed by atoms with Crippen molar-refractivity contribution in [3.63, 3.8) is 0 Å². The number of hydrogen-bond donors (Lipinski definition) is 0. The Morgan fingerprint density at radius 3 is 2.09 bits per heavy atom. The van der Waals surface area contributed by atoms with Gasteiger partial charge in [-0.15, -0.1) is 0 Å². The molecule has 4 atom stereocenters. The number of benzene rings is 1. The van der Waals surface area contributed by atoms with Crippen LogP contribution in [0.5, 0.6) is 5.75 Å². The van der Waals surface area contributed by atoms with Crippen LogP contribution in [0.4, 0.5) is 8.78 Å². The Labute approximate surface area is 198 Å². The van der Waals surface area contributed by atoms with Crippen molar-refractivity contribution in [1.29, 1.82) is 0 Å². The largest absolute Gasteiger partial charge is 0.426 e. The van der Waals surface area contributed by atoms with E-state index < -0.39 is 11.6 Å². The van der Waals surface area contributed by atoms with Crippen LogP contribution in [0.1, 0.15) is 102 Å². The Morgan fingerprint density at radius 1 is 0.848 bits per heavy atom. The van der Waals surface area contributed by atoms with E-state index in [1.807, 2.05) is 0 Å². The van der Waals surface area contributed by atoms with E-state index in [1.54, 1.807) is 0 Å². The maximum absolute atomic E-state index is 13.8. The normalized spacial score (nSPS) is 32.2. The fraction of sp³-hybridized carbons (Fsp3) is 0.759. The van der Waals surface area contributed by atoms with E-state index in [4.69, 9.17) is 4.74 Å². The van der Waals surface area contributed by atoms with Crippen LogP contribution >= 0.6 is 0 Å². The molecule has 0 radical (unpaired) electrons. The molecule has 0 saturated heterocycles. The monoisotopic (exact) mass is 460 g/mol. The summed E-state index contributed by atoms with van der Waals surface area (Å²) in [4.78, 5) is 12.6. The van der Waals surface area contributed by atoms with Gasteiger partial charge in [0.05, 0.1) is 5.92 Å². The molecular weight excluding hydrogens is 418 g/mol. The number of carbonyl (C=O) groups excluding carboxylic acids is 1. The van der Waals surface area contributed by atoms with Gasteiger partial charge in [-0.3, -0.25) is 4.79 Å². The fourth-order valence-corrected chi connectivity index (χ4v) is 7.10. The quantitative estimate of drug-likeness (QED) is 0.232. The molecule has 184 valence electrons. The molecule has 0 aromatic heterocycles. The summed E-state index contributed by atoms with van der Waals surface area (Å²) in [6, 6.07) is 2.22. The standard InChI is InChI=1S/C29H42F2O2/c1-3-4-5-6-20-7-8-25-16-24(14-13-23(25)15-20)21-9-11-22(12-10-21)29(32)33-26-17-27(30)19(2)28(31)18-26/h17-18,20-25H,3-16H2,1-2H3. The third kappa shape index (κ3) is 6.17. The third-order valence-corrected chi connectivity index (χ3v) is 9.22. The van der Waals surface area contributed by atoms with E-state index >= 15 is 0 Å². The molecule has 3 fully saturated rings. The summed E-state index contributed by atoms with van der Waals surface area (Å²) < 4.78 is 32.9. The summed E-state index contributed by atoms with van der Waals surface area (Å²) >= 11 is 0. The number of esters is 1. The predicted molar refractivity (Wildman–Crippen MR) is 128 cm³/mol. The van der Waals surface area contributed by atoms with Crippen LogP contribution in [0.25, 0.3) is 0 Å². The molecule has 0 N–H and O–H groups in total. The molecule has 0 spiro atoms. The molecule has 2 nitrogen and oxygen atoms in total. The molecule has 0 heterocycles. The van der Waals surface area contributed by atoms with Crippen molar-refractivity contribution in [2.75, 3.05) is 0 Å². The van der Waals surface area contributed by atoms with Crippen molar-refractivity contribution in [1.82, 2.24) is 0 Å². The molecule has 1 aromatic carbocycles. The lowest BCUT2D eigenvalue weighted by Gasteiger charge is -2.45. The molecule has 3 aliphatic carbocycles. The lowest BCUT2D eigenvalue weighted by Crippen LogP contribution is -2.35. The van der Waals surface area contributed by atoms with E-state index in [0.29, 0.717) is 0 Å². The maximum atomic E-state index is 13.8. The lowest BCUT2D eigenvalue weighted by molar-refractivity contribution is -0.140. The van der Waals surface area contributed by atoms with E-state index in [-0.39, 0.29) is 23.2 Å². The SMILES string of the molecule is CCCCCC1CCC2CC(C3CCC(C(=O)Oc4cc(F)c(C)c(F)c4)CC3)CCC2C1. The van der Waals surface area contributed by atoms with E-state index in [2.05, 4.69) is 6.92 Å². The zero-order chi connectivity index (χ0) is 23.4. The topological polar surface area (TPSA) is 26.3 Å². The van der Waals surface area contributed by atoms with E-state index in [0.717, 1.165) is 67.4 Å². The summed E-state index contributed by atoms with van der Waals surface area (Å²) in [5.74, 6) is 2.57. The number of ether oxygens (including phenoxy) is 1. The van der Waals surface area contributed by atoms with Crippen LogP contribution in [0, 0.1) is 54.1 Å². The second-order valence-electron chi connectivity index (χ2n) is 11.3. The van der Waals surface area contributed by atoms with Crippen LogP contribution in [0.15, 0.2) is 12.1 Å². The highest BCUT2D eigenvalue weighted by Crippen LogP contribution is 2.49. The van der Waals surface area contributed by atoms with Gasteiger partial charge in [0.25, 0.3) is 0 Å². The second-order valence-corrected chi connectivity index (χ2v) is 11.3. The van der Waals surface area contributed by atoms with Crippen molar-refractivity contribution >= 4 is 5.97 Å². The summed E-state index contributed by atoms with van der Waals surface area (Å²) in [5.41, 5.74) is -0.0463. The number of carbonyl (C=O) groups is 1. The van der Waals surface area contributed by atoms with Gasteiger partial charge in [0.2, 0.25) is 0 Å². The smallest absolute Gasteiger partial charge is 0.314 e. The highest BCUT2D eigenvalue weighted by atomic mass is 19.1. The lowest BCUT2D eigenvalue weighted by atomic mass is 9.60. The molecule has 4 heteroatoms. The zero-order valence-corrected chi connectivity index (χ0v) is 20.6. The minimum atomic E-state index is -0.674. The average Bonchev–Trinajstić information content (AvgIpc) is 2.82. The van der Waals surface area contributed by atoms with Gasteiger partial charge in [0, 0.05) is 17.7 Å². The van der Waals surface area contributed by atoms with Crippen molar-refractivity contribution in [2.24, 2.45) is 35.5 Å². The molecule has 3 saturated carbocycles. The Hall–Kier alpha value is -1.45. The van der Waals surface area contributed by atoms with Crippen LogP contribution in [-0.4, -0.2) is 5.97 Å². The average molecular weight is 461 g/mol. The highest BCUT2D eigenvalue weighted by molar-refractivity contribution is 5.75. The predicted octanol–water partition coefficient (Wildman–Crippen LogP) is 8.40. The van der Waals surface area contributed by atoms with Crippen LogP contribution in [0.3, 0.4) is 0 Å². The first-order valence-electron chi connectivity index (χ1n) is 13.6. The minimum Gasteiger partial charge on any atom is -0.426 e. The number of fused-ring (bicyclic) bond motifs is 1. The van der Waals surface area contributed by atoms with Gasteiger partial charge in [-0.05, 0) is 94.3 Å². The molecule has 4 unspecified atom stereocenters. The molecule has 33 heavy (non-hydrogen) atoms. The van der Waals surface area contributed by atoms with E-state index in [1.165, 1.54) is 71.1 Å². The van der Waals surface area contributed by atoms with Crippen molar-refractivity contribution in [2.45, 2.75) is 104 Å². The highest BCUT2D eigenvalue weighted by Gasteiger charge is 2.39. The van der Waals surface area contributed by atoms with Crippen LogP contribution < -0.4 is 4.74 Å². The Balaban J connectivity index is 1.22. The first-order valence-corrected chi connectivity index (χ1v) is 13.6. The second kappa shape index (κ2) is 11.3. The Bertz CT molecular complexity index is 776. The first kappa shape index (κ1) is 24.7. The molecule has 3 aliphatic rings. The number of hydrogen-bond acceptors (Lipinski definition) is 2. The molecule has 1 aromatic rings. The van der Waals surface area contributed by atoms with Gasteiger partial charge < -0.3 is 4.74 Å². The summed E-state index contributed by atoms with van der Waals surface area (Å²) in [6.07, 6.45) is 17.9. The molecule has 0 aliphatic heterocycles. The summed E-state index contributed by atoms with van der Waals surface area (Å²) in [5, 5.41) is 0. The van der Waals surface area contributed by atoms with Gasteiger partial charge in [-0.2, -0.15) is 0 Å². The number of halogens is 2. The third-order valence-electron chi connectivity index (χ3n) is 9.22. The van der Waals surface area contributed by atoms with Gasteiger partial charge in [0.15, 0.2) is 0 Å². The van der Waals surface area contributed by atoms with Crippen LogP contribution in [-0.2, 0) is 4.79 Å². The van der Waals surface area contributed by atoms with Crippen LogP contribution in [0.2, 0.25) is 0 Å². The molecule has 0 amide bonds. The minimum absolute atomic E-state index is 0.0219. The molecule has 0 bridgehead atoms. The van der Waals surface area contributed by atoms with E-state index in [9.17, 15) is 13.6 Å². The number of unbranched alkanes of at least 4 members (excludes halogenated alkanes) is 2. The first-order chi connectivity index (χ1) is 15.9. The summed E-state index contributed by atoms with van der Waals surface area (Å²) in [6.45, 7) is 3.67. The summed E-state index contributed by atoms with van der Waals surface area (Å²) in [7, 11) is 0. The molecule has 4 rings (SSSR count). The number of rotatable bonds is 7. The van der Waals surface area contributed by atoms with Crippen molar-refractivity contribution in [3.8, 4) is 5.75 Å². The van der Waals surface area contributed by atoms with Crippen molar-refractivity contribution in [3.05, 3.63) is 29.3 Å². The van der Waals surface area contributed by atoms with Gasteiger partial charge in [-0.25, -0.2) is 8.78 Å². The Morgan fingerprint density at radius 2 is 1.42 bits per heavy atom. The Kier molecular flexibility index (Phi) is 8.46. The fourth-order valence-electron chi connectivity index (χ4n) is 7.10.